The van der Waals surface area contributed by atoms with Crippen LogP contribution in [0.3, 0.4) is 0 Å². The van der Waals surface area contributed by atoms with E-state index in [-0.39, 0.29) is 18.0 Å². The Morgan fingerprint density at radius 1 is 1.03 bits per heavy atom. The van der Waals surface area contributed by atoms with E-state index in [0.29, 0.717) is 35.8 Å². The van der Waals surface area contributed by atoms with Gasteiger partial charge in [-0.15, -0.1) is 0 Å². The lowest BCUT2D eigenvalue weighted by Gasteiger charge is -2.32. The molecule has 0 saturated carbocycles. The van der Waals surface area contributed by atoms with Crippen LogP contribution in [0.2, 0.25) is 0 Å². The van der Waals surface area contributed by atoms with Crippen molar-refractivity contribution in [2.45, 2.75) is 45.4 Å². The molecule has 2 atom stereocenters. The second-order valence-corrected chi connectivity index (χ2v) is 8.45. The van der Waals surface area contributed by atoms with E-state index in [9.17, 15) is 9.59 Å². The Labute approximate surface area is 206 Å². The first-order valence-electron chi connectivity index (χ1n) is 11.9. The molecule has 0 fully saturated rings. The smallest absolute Gasteiger partial charge is 0.323 e. The number of amides is 3. The third-order valence-corrected chi connectivity index (χ3v) is 6.13. The van der Waals surface area contributed by atoms with Crippen LogP contribution in [0.5, 0.6) is 11.5 Å². The van der Waals surface area contributed by atoms with Crippen LogP contribution >= 0.6 is 0 Å². The lowest BCUT2D eigenvalue weighted by atomic mass is 10.0. The molecule has 3 aromatic rings. The minimum atomic E-state index is -0.552. The summed E-state index contributed by atoms with van der Waals surface area (Å²) < 4.78 is 11.3. The van der Waals surface area contributed by atoms with Crippen LogP contribution in [-0.4, -0.2) is 30.1 Å². The average Bonchev–Trinajstić information content (AvgIpc) is 3.01. The van der Waals surface area contributed by atoms with E-state index in [1.54, 1.807) is 31.4 Å². The molecule has 3 amide bonds. The first-order valence-corrected chi connectivity index (χ1v) is 11.9. The molecule has 0 spiro atoms. The van der Waals surface area contributed by atoms with Crippen LogP contribution in [-0.2, 0) is 11.3 Å². The molecule has 182 valence electrons. The van der Waals surface area contributed by atoms with E-state index in [1.807, 2.05) is 48.2 Å². The number of hydrogen-bond acceptors (Lipinski definition) is 4. The average molecular weight is 474 g/mol. The number of nitrogens with zero attached hydrogens (tertiary/aromatic N) is 1. The maximum Gasteiger partial charge on any atom is 0.323 e. The van der Waals surface area contributed by atoms with Crippen LogP contribution in [0.25, 0.3) is 0 Å². The van der Waals surface area contributed by atoms with Crippen molar-refractivity contribution in [1.82, 2.24) is 4.90 Å². The minimum Gasteiger partial charge on any atom is -0.497 e. The van der Waals surface area contributed by atoms with Crippen LogP contribution in [0.15, 0.2) is 72.8 Å². The summed E-state index contributed by atoms with van der Waals surface area (Å²) in [5.41, 5.74) is 3.18. The largest absolute Gasteiger partial charge is 0.497 e. The molecule has 0 radical (unpaired) electrons. The van der Waals surface area contributed by atoms with Gasteiger partial charge in [0.2, 0.25) is 0 Å². The second kappa shape index (κ2) is 11.0. The molecule has 0 bridgehead atoms. The summed E-state index contributed by atoms with van der Waals surface area (Å²) in [6.07, 6.45) is 0.801. The quantitative estimate of drug-likeness (QED) is 0.442. The SMILES string of the molecule is CC[C@@H]1Oc2ccc(NC(=O)Nc3cccc(OC)c3)cc2CN([C@@H](CC)c2ccccc2)C1=O. The normalized spacial score (nSPS) is 15.9. The number of benzene rings is 3. The number of methoxy groups -OCH3 is 1. The molecule has 0 aliphatic carbocycles. The number of carbonyl (C=O) groups is 2. The van der Waals surface area contributed by atoms with Gasteiger partial charge in [-0.2, -0.15) is 0 Å². The first-order chi connectivity index (χ1) is 17.0. The molecule has 1 heterocycles. The highest BCUT2D eigenvalue weighted by Gasteiger charge is 2.34. The van der Waals surface area contributed by atoms with Gasteiger partial charge in [0.05, 0.1) is 19.7 Å². The summed E-state index contributed by atoms with van der Waals surface area (Å²) in [5.74, 6) is 1.29. The van der Waals surface area contributed by atoms with Crippen molar-refractivity contribution in [2.75, 3.05) is 17.7 Å². The number of anilines is 2. The van der Waals surface area contributed by atoms with E-state index >= 15 is 0 Å². The van der Waals surface area contributed by atoms with E-state index in [0.717, 1.165) is 17.5 Å². The highest BCUT2D eigenvalue weighted by Crippen LogP contribution is 2.35. The summed E-state index contributed by atoms with van der Waals surface area (Å²) in [5, 5.41) is 5.69. The monoisotopic (exact) mass is 473 g/mol. The number of fused-ring (bicyclic) bond motifs is 1. The highest BCUT2D eigenvalue weighted by molar-refractivity contribution is 6.00. The molecular weight excluding hydrogens is 442 g/mol. The number of ether oxygens (including phenoxy) is 2. The van der Waals surface area contributed by atoms with Gasteiger partial charge in [-0.25, -0.2) is 4.79 Å². The van der Waals surface area contributed by atoms with Crippen LogP contribution in [0.4, 0.5) is 16.2 Å². The van der Waals surface area contributed by atoms with Crippen molar-refractivity contribution < 1.29 is 19.1 Å². The number of urea groups is 1. The molecule has 1 aliphatic rings. The Balaban J connectivity index is 1.57. The minimum absolute atomic E-state index is 0.0234. The zero-order valence-electron chi connectivity index (χ0n) is 20.3. The molecule has 0 aromatic heterocycles. The van der Waals surface area contributed by atoms with Crippen molar-refractivity contribution in [3.8, 4) is 11.5 Å². The predicted molar refractivity (Wildman–Crippen MR) is 137 cm³/mol. The van der Waals surface area contributed by atoms with E-state index in [1.165, 1.54) is 0 Å². The third-order valence-electron chi connectivity index (χ3n) is 6.13. The first kappa shape index (κ1) is 24.1. The zero-order chi connectivity index (χ0) is 24.8. The van der Waals surface area contributed by atoms with Crippen molar-refractivity contribution in [3.63, 3.8) is 0 Å². The number of nitrogens with one attached hydrogen (secondary N) is 2. The molecule has 3 aromatic carbocycles. The summed E-state index contributed by atoms with van der Waals surface area (Å²) >= 11 is 0. The van der Waals surface area contributed by atoms with Gasteiger partial charge in [0.15, 0.2) is 6.10 Å². The molecule has 0 unspecified atom stereocenters. The van der Waals surface area contributed by atoms with Crippen molar-refractivity contribution >= 4 is 23.3 Å². The predicted octanol–water partition coefficient (Wildman–Crippen LogP) is 5.99. The molecule has 0 saturated heterocycles. The number of hydrogen-bond donors (Lipinski definition) is 2. The summed E-state index contributed by atoms with van der Waals surface area (Å²) in [6, 6.07) is 22.2. The fourth-order valence-electron chi connectivity index (χ4n) is 4.37. The third kappa shape index (κ3) is 5.57. The Bertz CT molecular complexity index is 1180. The number of rotatable bonds is 7. The topological polar surface area (TPSA) is 79.9 Å². The molecule has 7 nitrogen and oxygen atoms in total. The lowest BCUT2D eigenvalue weighted by Crippen LogP contribution is -2.41. The summed E-state index contributed by atoms with van der Waals surface area (Å²) in [7, 11) is 1.58. The van der Waals surface area contributed by atoms with Gasteiger partial charge in [0.25, 0.3) is 5.91 Å². The molecule has 35 heavy (non-hydrogen) atoms. The van der Waals surface area contributed by atoms with Crippen LogP contribution in [0.1, 0.15) is 43.9 Å². The van der Waals surface area contributed by atoms with Crippen molar-refractivity contribution in [2.24, 2.45) is 0 Å². The van der Waals surface area contributed by atoms with E-state index < -0.39 is 6.10 Å². The molecular formula is C28H31N3O4. The summed E-state index contributed by atoms with van der Waals surface area (Å²) in [6.45, 7) is 4.43. The van der Waals surface area contributed by atoms with Gasteiger partial charge in [-0.3, -0.25) is 4.79 Å². The van der Waals surface area contributed by atoms with Gasteiger partial charge in [-0.1, -0.05) is 50.2 Å². The van der Waals surface area contributed by atoms with Gasteiger partial charge < -0.3 is 25.0 Å². The van der Waals surface area contributed by atoms with E-state index in [2.05, 4.69) is 29.7 Å². The van der Waals surface area contributed by atoms with Crippen molar-refractivity contribution in [3.05, 3.63) is 83.9 Å². The number of carbonyl (C=O) groups excluding carboxylic acids is 2. The second-order valence-electron chi connectivity index (χ2n) is 8.45. The van der Waals surface area contributed by atoms with Gasteiger partial charge in [0.1, 0.15) is 11.5 Å². The lowest BCUT2D eigenvalue weighted by molar-refractivity contribution is -0.141. The maximum absolute atomic E-state index is 13.4. The summed E-state index contributed by atoms with van der Waals surface area (Å²) in [4.78, 5) is 28.0. The Morgan fingerprint density at radius 2 is 1.77 bits per heavy atom. The van der Waals surface area contributed by atoms with E-state index in [4.69, 9.17) is 9.47 Å². The fraction of sp³-hybridized carbons (Fsp3) is 0.286. The molecule has 1 aliphatic heterocycles. The standard InChI is InChI=1S/C28H31N3O4/c1-4-24(19-10-7-6-8-11-19)31-18-20-16-22(14-15-26(20)35-25(5-2)27(31)32)30-28(33)29-21-12-9-13-23(17-21)34-3/h6-17,24-25H,4-5,18H2,1-3H3,(H2,29,30,33)/t24-,25-/m0/s1. The molecule has 2 N–H and O–H groups in total. The van der Waals surface area contributed by atoms with Crippen molar-refractivity contribution in [1.29, 1.82) is 0 Å². The maximum atomic E-state index is 13.4. The Hall–Kier alpha value is -4.00. The van der Waals surface area contributed by atoms with Gasteiger partial charge in [-0.05, 0) is 48.7 Å². The zero-order valence-corrected chi connectivity index (χ0v) is 20.3. The van der Waals surface area contributed by atoms with Crippen LogP contribution in [0, 0.1) is 0 Å². The van der Waals surface area contributed by atoms with Gasteiger partial charge in [0, 0.05) is 23.0 Å². The Morgan fingerprint density at radius 3 is 2.46 bits per heavy atom. The molecule has 4 rings (SSSR count). The fourth-order valence-corrected chi connectivity index (χ4v) is 4.37. The Kier molecular flexibility index (Phi) is 7.55. The molecule has 7 heteroatoms. The van der Waals surface area contributed by atoms with Gasteiger partial charge >= 0.3 is 6.03 Å². The van der Waals surface area contributed by atoms with Crippen LogP contribution < -0.4 is 20.1 Å². The highest BCUT2D eigenvalue weighted by atomic mass is 16.5.